The number of thiazole rings is 1. The second kappa shape index (κ2) is 11.3. The van der Waals surface area contributed by atoms with Gasteiger partial charge in [0, 0.05) is 33.7 Å². The van der Waals surface area contributed by atoms with Crippen LogP contribution in [0.15, 0.2) is 80.8 Å². The topological polar surface area (TPSA) is 84.0 Å². The second-order valence-corrected chi connectivity index (χ2v) is 10.9. The number of allylic oxidation sites excluding steroid dienone is 2. The fourth-order valence-electron chi connectivity index (χ4n) is 4.99. The molecule has 1 atom stereocenters. The van der Waals surface area contributed by atoms with E-state index in [-0.39, 0.29) is 17.7 Å². The Morgan fingerprint density at radius 3 is 2.62 bits per heavy atom. The van der Waals surface area contributed by atoms with Crippen molar-refractivity contribution >= 4 is 50.2 Å². The summed E-state index contributed by atoms with van der Waals surface area (Å²) in [6.45, 7) is 8.20. The molecule has 1 aliphatic rings. The number of hydrogen-bond donors (Lipinski definition) is 0. The van der Waals surface area contributed by atoms with Crippen molar-refractivity contribution in [2.45, 2.75) is 26.4 Å². The smallest absolute Gasteiger partial charge is 0.338 e. The van der Waals surface area contributed by atoms with E-state index >= 15 is 0 Å². The minimum atomic E-state index is -0.797. The van der Waals surface area contributed by atoms with Crippen LogP contribution in [0.2, 0.25) is 0 Å². The Kier molecular flexibility index (Phi) is 7.82. The number of hydrogen-bond acceptors (Lipinski definition) is 7. The van der Waals surface area contributed by atoms with Gasteiger partial charge in [-0.05, 0) is 43.7 Å². The van der Waals surface area contributed by atoms with E-state index in [9.17, 15) is 9.59 Å². The van der Waals surface area contributed by atoms with Gasteiger partial charge in [0.2, 0.25) is 0 Å². The first-order chi connectivity index (χ1) is 19.3. The molecule has 0 aliphatic carbocycles. The fraction of sp³-hybridized carbons (Fsp3) is 0.233. The molecule has 0 fully saturated rings. The monoisotopic (exact) mass is 621 g/mol. The Hall–Kier alpha value is -3.89. The first-order valence-electron chi connectivity index (χ1n) is 12.6. The molecule has 0 bridgehead atoms. The molecule has 0 N–H and O–H groups in total. The van der Waals surface area contributed by atoms with Gasteiger partial charge in [-0.15, -0.1) is 6.58 Å². The molecule has 10 heteroatoms. The summed E-state index contributed by atoms with van der Waals surface area (Å²) in [7, 11) is 3.09. The van der Waals surface area contributed by atoms with Crippen LogP contribution in [0.3, 0.4) is 0 Å². The maximum Gasteiger partial charge on any atom is 0.338 e. The van der Waals surface area contributed by atoms with Gasteiger partial charge in [-0.1, -0.05) is 51.5 Å². The average Bonchev–Trinajstić information content (AvgIpc) is 3.44. The first-order valence-corrected chi connectivity index (χ1v) is 14.2. The standard InChI is InChI=1S/C30H28BrN3O5S/c1-6-12-33-16-18(19-10-8-9-11-22(19)33)13-25-28(35)34-27(20-14-23(37-4)24(38-5)15-21(20)31)26(29(36)39-7-2)17(3)32-30(34)40-25/h6,8-11,13-16,27H,1,7,12H2,2-5H3/b25-13-/t27-/m0/s1. The van der Waals surface area contributed by atoms with E-state index in [1.165, 1.54) is 18.4 Å². The Bertz CT molecular complexity index is 1860. The fourth-order valence-corrected chi connectivity index (χ4v) is 6.56. The molecule has 0 radical (unpaired) electrons. The van der Waals surface area contributed by atoms with Gasteiger partial charge in [0.1, 0.15) is 0 Å². The lowest BCUT2D eigenvalue weighted by molar-refractivity contribution is -0.139. The summed E-state index contributed by atoms with van der Waals surface area (Å²) in [5, 5.41) is 1.03. The lowest BCUT2D eigenvalue weighted by Gasteiger charge is -2.26. The van der Waals surface area contributed by atoms with Crippen molar-refractivity contribution in [3.63, 3.8) is 0 Å². The lowest BCUT2D eigenvalue weighted by Crippen LogP contribution is -2.40. The molecule has 206 valence electrons. The minimum absolute atomic E-state index is 0.189. The molecule has 8 nitrogen and oxygen atoms in total. The number of esters is 1. The van der Waals surface area contributed by atoms with E-state index in [0.717, 1.165) is 16.5 Å². The summed E-state index contributed by atoms with van der Waals surface area (Å²) in [4.78, 5) is 32.5. The molecule has 5 rings (SSSR count). The van der Waals surface area contributed by atoms with Crippen molar-refractivity contribution in [1.29, 1.82) is 0 Å². The van der Waals surface area contributed by atoms with Gasteiger partial charge in [0.15, 0.2) is 16.3 Å². The van der Waals surface area contributed by atoms with E-state index in [1.54, 1.807) is 37.7 Å². The molecule has 0 unspecified atom stereocenters. The molecule has 0 amide bonds. The molecule has 2 aromatic heterocycles. The summed E-state index contributed by atoms with van der Waals surface area (Å²) < 4.78 is 21.2. The molecule has 40 heavy (non-hydrogen) atoms. The zero-order valence-electron chi connectivity index (χ0n) is 22.6. The number of benzene rings is 2. The van der Waals surface area contributed by atoms with Crippen LogP contribution in [0.5, 0.6) is 11.5 Å². The number of rotatable bonds is 8. The third-order valence-corrected chi connectivity index (χ3v) is 8.42. The molecule has 4 aromatic rings. The van der Waals surface area contributed by atoms with Gasteiger partial charge in [-0.25, -0.2) is 9.79 Å². The van der Waals surface area contributed by atoms with Crippen molar-refractivity contribution < 1.29 is 19.0 Å². The number of carbonyl (C=O) groups is 1. The molecule has 0 saturated carbocycles. The van der Waals surface area contributed by atoms with E-state index in [0.29, 0.717) is 43.1 Å². The number of aromatic nitrogens is 2. The van der Waals surface area contributed by atoms with E-state index in [1.807, 2.05) is 42.6 Å². The SMILES string of the molecule is C=CCn1cc(/C=c2\sc3n(c2=O)[C@@H](c2cc(OC)c(OC)cc2Br)C(C(=O)OCC)=C(C)N=3)c2ccccc21. The molecule has 2 aromatic carbocycles. The molecular formula is C30H28BrN3O5S. The van der Waals surface area contributed by atoms with Crippen LogP contribution in [0.4, 0.5) is 0 Å². The van der Waals surface area contributed by atoms with E-state index < -0.39 is 12.0 Å². The minimum Gasteiger partial charge on any atom is -0.493 e. The quantitative estimate of drug-likeness (QED) is 0.210. The van der Waals surface area contributed by atoms with Crippen LogP contribution < -0.4 is 24.4 Å². The Morgan fingerprint density at radius 1 is 1.20 bits per heavy atom. The van der Waals surface area contributed by atoms with Gasteiger partial charge < -0.3 is 18.8 Å². The predicted molar refractivity (Wildman–Crippen MR) is 160 cm³/mol. The Labute approximate surface area is 243 Å². The molecule has 0 saturated heterocycles. The van der Waals surface area contributed by atoms with Crippen molar-refractivity contribution in [2.24, 2.45) is 4.99 Å². The Balaban J connectivity index is 1.78. The van der Waals surface area contributed by atoms with Crippen molar-refractivity contribution in [2.75, 3.05) is 20.8 Å². The summed E-state index contributed by atoms with van der Waals surface area (Å²) in [5.41, 5.74) is 3.12. The van der Waals surface area contributed by atoms with Gasteiger partial charge in [-0.2, -0.15) is 0 Å². The van der Waals surface area contributed by atoms with Crippen LogP contribution in [0.1, 0.15) is 31.0 Å². The number of ether oxygens (including phenoxy) is 3. The number of nitrogens with zero attached hydrogens (tertiary/aromatic N) is 3. The van der Waals surface area contributed by atoms with Gasteiger partial charge in [0.25, 0.3) is 5.56 Å². The number of carbonyl (C=O) groups excluding carboxylic acids is 1. The highest BCUT2D eigenvalue weighted by molar-refractivity contribution is 9.10. The van der Waals surface area contributed by atoms with Crippen LogP contribution in [-0.2, 0) is 16.1 Å². The maximum atomic E-state index is 14.1. The lowest BCUT2D eigenvalue weighted by atomic mass is 9.95. The van der Waals surface area contributed by atoms with Gasteiger partial charge in [0.05, 0.1) is 42.7 Å². The third-order valence-electron chi connectivity index (χ3n) is 6.75. The third kappa shape index (κ3) is 4.71. The largest absolute Gasteiger partial charge is 0.493 e. The summed E-state index contributed by atoms with van der Waals surface area (Å²) in [5.74, 6) is 0.452. The van der Waals surface area contributed by atoms with Crippen molar-refractivity contribution in [3.05, 3.63) is 102 Å². The van der Waals surface area contributed by atoms with E-state index in [2.05, 4.69) is 32.1 Å². The van der Waals surface area contributed by atoms with Crippen LogP contribution >= 0.6 is 27.3 Å². The number of methoxy groups -OCH3 is 2. The van der Waals surface area contributed by atoms with Crippen LogP contribution in [0, 0.1) is 0 Å². The molecule has 0 spiro atoms. The second-order valence-electron chi connectivity index (χ2n) is 9.07. The van der Waals surface area contributed by atoms with Gasteiger partial charge in [-0.3, -0.25) is 9.36 Å². The zero-order chi connectivity index (χ0) is 28.6. The highest BCUT2D eigenvalue weighted by Crippen LogP contribution is 2.40. The highest BCUT2D eigenvalue weighted by atomic mass is 79.9. The number of halogens is 1. The van der Waals surface area contributed by atoms with Crippen molar-refractivity contribution in [1.82, 2.24) is 9.13 Å². The van der Waals surface area contributed by atoms with Crippen LogP contribution in [-0.4, -0.2) is 35.9 Å². The summed E-state index contributed by atoms with van der Waals surface area (Å²) >= 11 is 4.91. The predicted octanol–water partition coefficient (Wildman–Crippen LogP) is 4.72. The first kappa shape index (κ1) is 27.7. The maximum absolute atomic E-state index is 14.1. The normalized spacial score (nSPS) is 15.1. The summed E-state index contributed by atoms with van der Waals surface area (Å²) in [6.07, 6.45) is 5.74. The van der Waals surface area contributed by atoms with E-state index in [4.69, 9.17) is 14.2 Å². The Morgan fingerprint density at radius 2 is 1.93 bits per heavy atom. The summed E-state index contributed by atoms with van der Waals surface area (Å²) in [6, 6.07) is 10.8. The van der Waals surface area contributed by atoms with Crippen molar-refractivity contribution in [3.8, 4) is 11.5 Å². The number of para-hydroxylation sites is 1. The average molecular weight is 623 g/mol. The number of fused-ring (bicyclic) bond motifs is 2. The highest BCUT2D eigenvalue weighted by Gasteiger charge is 2.35. The van der Waals surface area contributed by atoms with Crippen LogP contribution in [0.25, 0.3) is 17.0 Å². The molecular weight excluding hydrogens is 594 g/mol. The molecule has 1 aliphatic heterocycles. The zero-order valence-corrected chi connectivity index (χ0v) is 25.0. The van der Waals surface area contributed by atoms with Gasteiger partial charge >= 0.3 is 5.97 Å². The molecule has 3 heterocycles.